The second-order valence-corrected chi connectivity index (χ2v) is 13.6. The van der Waals surface area contributed by atoms with Gasteiger partial charge in [-0.2, -0.15) is 0 Å². The van der Waals surface area contributed by atoms with Crippen LogP contribution in [0.2, 0.25) is 0 Å². The number of amides is 1. The molecule has 2 aromatic carbocycles. The number of fused-ring (bicyclic) bond motifs is 1. The van der Waals surface area contributed by atoms with E-state index in [9.17, 15) is 18.3 Å². The van der Waals surface area contributed by atoms with Gasteiger partial charge in [-0.15, -0.1) is 0 Å². The largest absolute Gasteiger partial charge is 0.516 e. The molecule has 0 saturated carbocycles. The Morgan fingerprint density at radius 2 is 1.64 bits per heavy atom. The fourth-order valence-electron chi connectivity index (χ4n) is 4.77. The van der Waals surface area contributed by atoms with Crippen LogP contribution in [-0.4, -0.2) is 76.3 Å². The molecule has 220 valence electrons. The molecule has 1 aliphatic rings. The molecule has 42 heavy (non-hydrogen) atoms. The molecule has 0 radical (unpaired) electrons. The van der Waals surface area contributed by atoms with Crippen molar-refractivity contribution in [3.8, 4) is 11.1 Å². The van der Waals surface area contributed by atoms with Crippen LogP contribution >= 0.6 is 0 Å². The van der Waals surface area contributed by atoms with E-state index in [1.54, 1.807) is 62.5 Å². The number of aliphatic hydroxyl groups is 1. The molecule has 2 aromatic heterocycles. The van der Waals surface area contributed by atoms with E-state index < -0.39 is 34.4 Å². The summed E-state index contributed by atoms with van der Waals surface area (Å²) in [5, 5.41) is 9.66. The van der Waals surface area contributed by atoms with Crippen molar-refractivity contribution in [3.63, 3.8) is 0 Å². The molecule has 1 fully saturated rings. The number of aliphatic hydroxyl groups excluding tert-OH is 1. The number of benzene rings is 2. The lowest BCUT2D eigenvalue weighted by molar-refractivity contribution is 0.00578. The van der Waals surface area contributed by atoms with E-state index in [4.69, 9.17) is 14.3 Å². The van der Waals surface area contributed by atoms with Crippen LogP contribution in [0, 0.1) is 6.92 Å². The van der Waals surface area contributed by atoms with Crippen LogP contribution < -0.4 is 5.59 Å². The minimum atomic E-state index is -4.02. The predicted molar refractivity (Wildman–Crippen MR) is 161 cm³/mol. The van der Waals surface area contributed by atoms with Gasteiger partial charge in [0.2, 0.25) is 0 Å². The molecular formula is C30H35BN4O6S. The van der Waals surface area contributed by atoms with Crippen molar-refractivity contribution in [2.45, 2.75) is 63.7 Å². The Morgan fingerprint density at radius 3 is 2.21 bits per heavy atom. The Kier molecular flexibility index (Phi) is 7.55. The highest BCUT2D eigenvalue weighted by atomic mass is 32.2. The van der Waals surface area contributed by atoms with Crippen LogP contribution in [0.4, 0.5) is 0 Å². The maximum Gasteiger partial charge on any atom is 0.516 e. The molecule has 1 saturated heterocycles. The summed E-state index contributed by atoms with van der Waals surface area (Å²) in [5.74, 6) is -0.241. The van der Waals surface area contributed by atoms with E-state index in [0.29, 0.717) is 27.8 Å². The summed E-state index contributed by atoms with van der Waals surface area (Å²) in [6.07, 6.45) is 2.33. The minimum absolute atomic E-state index is 0.121. The minimum Gasteiger partial charge on any atom is -0.398 e. The molecule has 1 amide bonds. The van der Waals surface area contributed by atoms with Gasteiger partial charge in [0.15, 0.2) is 5.65 Å². The molecule has 0 unspecified atom stereocenters. The van der Waals surface area contributed by atoms with Crippen molar-refractivity contribution in [1.82, 2.24) is 18.8 Å². The van der Waals surface area contributed by atoms with Crippen molar-refractivity contribution in [1.29, 1.82) is 0 Å². The second kappa shape index (κ2) is 10.6. The molecule has 0 bridgehead atoms. The van der Waals surface area contributed by atoms with Crippen LogP contribution in [0.1, 0.15) is 50.5 Å². The molecule has 1 atom stereocenters. The molecule has 5 rings (SSSR count). The average molecular weight is 591 g/mol. The Balaban J connectivity index is 1.62. The van der Waals surface area contributed by atoms with Crippen LogP contribution in [0.5, 0.6) is 0 Å². The van der Waals surface area contributed by atoms with E-state index in [-0.39, 0.29) is 23.0 Å². The first kappa shape index (κ1) is 29.9. The fourth-order valence-corrected chi connectivity index (χ4v) is 6.08. The number of hydrogen-bond acceptors (Lipinski definition) is 8. The first-order valence-corrected chi connectivity index (χ1v) is 15.1. The molecule has 3 heterocycles. The maximum absolute atomic E-state index is 13.8. The van der Waals surface area contributed by atoms with Gasteiger partial charge in [0.1, 0.15) is 5.52 Å². The molecule has 1 aliphatic heterocycles. The van der Waals surface area contributed by atoms with Gasteiger partial charge < -0.3 is 19.3 Å². The maximum atomic E-state index is 13.8. The monoisotopic (exact) mass is 590 g/mol. The van der Waals surface area contributed by atoms with Crippen LogP contribution in [0.25, 0.3) is 22.3 Å². The molecular weight excluding hydrogens is 555 g/mol. The van der Waals surface area contributed by atoms with Crippen LogP contribution in [0.3, 0.4) is 0 Å². The summed E-state index contributed by atoms with van der Waals surface area (Å²) in [4.78, 5) is 23.8. The number of rotatable bonds is 7. The van der Waals surface area contributed by atoms with Gasteiger partial charge in [-0.3, -0.25) is 9.78 Å². The molecule has 4 aromatic rings. The van der Waals surface area contributed by atoms with E-state index in [1.807, 2.05) is 34.6 Å². The first-order valence-electron chi connectivity index (χ1n) is 13.7. The first-order chi connectivity index (χ1) is 19.6. The number of carbonyl (C=O) groups is 1. The number of nitrogens with zero attached hydrogens (tertiary/aromatic N) is 4. The Morgan fingerprint density at radius 1 is 1.05 bits per heavy atom. The number of aryl methyl sites for hydroxylation is 1. The van der Waals surface area contributed by atoms with E-state index in [0.717, 1.165) is 9.54 Å². The summed E-state index contributed by atoms with van der Waals surface area (Å²) < 4.78 is 41.1. The number of aromatic nitrogens is 3. The van der Waals surface area contributed by atoms with Crippen molar-refractivity contribution in [3.05, 3.63) is 72.1 Å². The number of carbonyl (C=O) groups excluding carboxylic acids is 1. The predicted octanol–water partition coefficient (Wildman–Crippen LogP) is 3.40. The van der Waals surface area contributed by atoms with Gasteiger partial charge in [-0.25, -0.2) is 17.4 Å². The summed E-state index contributed by atoms with van der Waals surface area (Å²) in [5.41, 5.74) is 2.26. The third-order valence-electron chi connectivity index (χ3n) is 7.88. The third-order valence-corrected chi connectivity index (χ3v) is 9.55. The van der Waals surface area contributed by atoms with Crippen LogP contribution in [0.15, 0.2) is 65.8 Å². The highest BCUT2D eigenvalue weighted by molar-refractivity contribution is 7.90. The zero-order valence-corrected chi connectivity index (χ0v) is 25.6. The highest BCUT2D eigenvalue weighted by Gasteiger charge is 2.52. The topological polar surface area (TPSA) is 124 Å². The summed E-state index contributed by atoms with van der Waals surface area (Å²) in [6, 6.07) is 13.4. The Bertz CT molecular complexity index is 1730. The summed E-state index contributed by atoms with van der Waals surface area (Å²) in [6.45, 7) is 11.5. The van der Waals surface area contributed by atoms with Gasteiger partial charge >= 0.3 is 7.12 Å². The van der Waals surface area contributed by atoms with E-state index in [2.05, 4.69) is 4.98 Å². The van der Waals surface area contributed by atoms with Crippen molar-refractivity contribution in [2.24, 2.45) is 0 Å². The van der Waals surface area contributed by atoms with Crippen molar-refractivity contribution in [2.75, 3.05) is 13.6 Å². The molecule has 1 N–H and O–H groups in total. The third kappa shape index (κ3) is 5.35. The Hall–Kier alpha value is -3.58. The zero-order valence-electron chi connectivity index (χ0n) is 24.8. The standard InChI is InChI=1S/C30H35BN4O6S/c1-19-8-14-23(15-9-19)42(38,39)35-18-24(21-10-12-22(13-11-21)28(37)34(7)17-20(2)36)26-27(35)32-16-25(33-26)31-40-29(3,4)30(5,6)41-31/h8-16,18,20,36H,17H2,1-7H3/t20-/m1/s1. The molecule has 12 heteroatoms. The van der Waals surface area contributed by atoms with Crippen molar-refractivity contribution >= 4 is 39.8 Å². The van der Waals surface area contributed by atoms with Crippen molar-refractivity contribution < 1.29 is 27.6 Å². The summed E-state index contributed by atoms with van der Waals surface area (Å²) in [7, 11) is -3.18. The smallest absolute Gasteiger partial charge is 0.398 e. The number of likely N-dealkylation sites (N-methyl/N-ethyl adjacent to an activating group) is 1. The SMILES string of the molecule is Cc1ccc(S(=O)(=O)n2cc(-c3ccc(C(=O)N(C)C[C@@H](C)O)cc3)c3nc(B4OC(C)(C)C(C)(C)O4)cnc32)cc1. The lowest BCUT2D eigenvalue weighted by atomic mass is 9.85. The van der Waals surface area contributed by atoms with Gasteiger partial charge in [-0.1, -0.05) is 29.8 Å². The van der Waals surface area contributed by atoms with E-state index >= 15 is 0 Å². The zero-order chi connectivity index (χ0) is 30.6. The second-order valence-electron chi connectivity index (χ2n) is 11.8. The Labute approximate surface area is 246 Å². The van der Waals surface area contributed by atoms with Crippen LogP contribution in [-0.2, 0) is 19.3 Å². The summed E-state index contributed by atoms with van der Waals surface area (Å²) >= 11 is 0. The normalized spacial score (nSPS) is 17.0. The lowest BCUT2D eigenvalue weighted by Crippen LogP contribution is -2.41. The molecule has 0 spiro atoms. The average Bonchev–Trinajstić information content (AvgIpc) is 3.41. The van der Waals surface area contributed by atoms with E-state index in [1.165, 1.54) is 17.3 Å². The molecule has 0 aliphatic carbocycles. The van der Waals surface area contributed by atoms with Gasteiger partial charge in [0, 0.05) is 37.1 Å². The van der Waals surface area contributed by atoms with Gasteiger partial charge in [-0.05, 0) is 71.4 Å². The number of hydrogen-bond donors (Lipinski definition) is 1. The lowest BCUT2D eigenvalue weighted by Gasteiger charge is -2.32. The molecule has 10 nitrogen and oxygen atoms in total. The quantitative estimate of drug-likeness (QED) is 0.325. The van der Waals surface area contributed by atoms with Gasteiger partial charge in [0.05, 0.1) is 27.8 Å². The van der Waals surface area contributed by atoms with Gasteiger partial charge in [0.25, 0.3) is 15.9 Å². The fraction of sp³-hybridized carbons (Fsp3) is 0.367. The highest BCUT2D eigenvalue weighted by Crippen LogP contribution is 2.37.